The summed E-state index contributed by atoms with van der Waals surface area (Å²) in [5, 5.41) is 5.82. The molecular weight excluding hydrogens is 374 g/mol. The zero-order valence-electron chi connectivity index (χ0n) is 17.7. The van der Waals surface area contributed by atoms with Crippen LogP contribution in [-0.4, -0.2) is 73.7 Å². The summed E-state index contributed by atoms with van der Waals surface area (Å²) in [5.41, 5.74) is 0.0128. The highest BCUT2D eigenvalue weighted by Gasteiger charge is 2.39. The summed E-state index contributed by atoms with van der Waals surface area (Å²) in [6.07, 6.45) is 6.54. The molecule has 2 unspecified atom stereocenters. The summed E-state index contributed by atoms with van der Waals surface area (Å²) in [6.45, 7) is 6.22. The Bertz CT molecular complexity index is 599. The van der Waals surface area contributed by atoms with Crippen molar-refractivity contribution in [1.29, 1.82) is 0 Å². The number of amides is 3. The van der Waals surface area contributed by atoms with Crippen LogP contribution in [0.3, 0.4) is 0 Å². The van der Waals surface area contributed by atoms with Gasteiger partial charge in [0.2, 0.25) is 5.91 Å². The van der Waals surface area contributed by atoms with Crippen molar-refractivity contribution in [2.24, 2.45) is 5.41 Å². The van der Waals surface area contributed by atoms with Gasteiger partial charge in [-0.1, -0.05) is 33.1 Å². The van der Waals surface area contributed by atoms with E-state index in [1.54, 1.807) is 4.90 Å². The second-order valence-corrected chi connectivity index (χ2v) is 8.89. The van der Waals surface area contributed by atoms with E-state index in [0.717, 1.165) is 25.7 Å². The first-order chi connectivity index (χ1) is 13.9. The number of ether oxygens (including phenoxy) is 2. The van der Waals surface area contributed by atoms with Crippen molar-refractivity contribution in [3.8, 4) is 0 Å². The van der Waals surface area contributed by atoms with E-state index >= 15 is 0 Å². The van der Waals surface area contributed by atoms with Crippen LogP contribution in [0.2, 0.25) is 0 Å². The van der Waals surface area contributed by atoms with Crippen LogP contribution in [0.15, 0.2) is 0 Å². The van der Waals surface area contributed by atoms with Crippen LogP contribution in [0.5, 0.6) is 0 Å². The molecule has 3 amide bonds. The third kappa shape index (κ3) is 5.69. The maximum Gasteiger partial charge on any atom is 0.318 e. The van der Waals surface area contributed by atoms with Gasteiger partial charge in [-0.3, -0.25) is 9.59 Å². The molecule has 2 aliphatic heterocycles. The predicted octanol–water partition coefficient (Wildman–Crippen LogP) is 1.62. The molecule has 3 atom stereocenters. The molecule has 1 aliphatic carbocycles. The number of morpholine rings is 1. The van der Waals surface area contributed by atoms with E-state index in [1.807, 2.05) is 6.92 Å². The summed E-state index contributed by atoms with van der Waals surface area (Å²) in [7, 11) is 0. The standard InChI is InChI=1S/C21H35N3O5/c1-3-17-18(16(25)14-29-17)23-19(26)15(13-21(2)7-5-4-6-8-21)22-20(27)24-9-11-28-12-10-24/h15,17-18H,3-14H2,1-2H3,(H,22,27)(H,23,26)/t15?,17-,18?/m0/s1. The summed E-state index contributed by atoms with van der Waals surface area (Å²) in [4.78, 5) is 39.8. The van der Waals surface area contributed by atoms with E-state index in [1.165, 1.54) is 6.42 Å². The fraction of sp³-hybridized carbons (Fsp3) is 0.857. The van der Waals surface area contributed by atoms with Gasteiger partial charge in [-0.25, -0.2) is 4.79 Å². The van der Waals surface area contributed by atoms with Crippen molar-refractivity contribution >= 4 is 17.7 Å². The molecule has 1 saturated carbocycles. The van der Waals surface area contributed by atoms with Gasteiger partial charge in [0.05, 0.1) is 19.3 Å². The van der Waals surface area contributed by atoms with Crippen LogP contribution in [0.25, 0.3) is 0 Å². The van der Waals surface area contributed by atoms with Gasteiger partial charge < -0.3 is 25.0 Å². The molecule has 0 radical (unpaired) electrons. The topological polar surface area (TPSA) is 97.0 Å². The minimum absolute atomic E-state index is 0.0128. The number of carbonyl (C=O) groups excluding carboxylic acids is 3. The number of hydrogen-bond acceptors (Lipinski definition) is 5. The minimum atomic E-state index is -0.667. The van der Waals surface area contributed by atoms with Crippen LogP contribution in [-0.2, 0) is 19.1 Å². The number of Topliss-reactive ketones (excluding diaryl/α,β-unsaturated/α-hetero) is 1. The summed E-state index contributed by atoms with van der Waals surface area (Å²) >= 11 is 0. The average molecular weight is 410 g/mol. The van der Waals surface area contributed by atoms with E-state index in [4.69, 9.17) is 9.47 Å². The fourth-order valence-electron chi connectivity index (χ4n) is 4.68. The van der Waals surface area contributed by atoms with Crippen molar-refractivity contribution in [3.05, 3.63) is 0 Å². The Balaban J connectivity index is 1.69. The van der Waals surface area contributed by atoms with Gasteiger partial charge in [-0.15, -0.1) is 0 Å². The van der Waals surface area contributed by atoms with E-state index < -0.39 is 12.1 Å². The van der Waals surface area contributed by atoms with E-state index in [2.05, 4.69) is 17.6 Å². The van der Waals surface area contributed by atoms with Crippen LogP contribution in [0.4, 0.5) is 4.79 Å². The molecule has 2 heterocycles. The summed E-state index contributed by atoms with van der Waals surface area (Å²) in [6, 6.07) is -1.54. The van der Waals surface area contributed by atoms with Gasteiger partial charge in [0.1, 0.15) is 18.7 Å². The van der Waals surface area contributed by atoms with Crippen molar-refractivity contribution in [2.45, 2.75) is 77.0 Å². The summed E-state index contributed by atoms with van der Waals surface area (Å²) in [5.74, 6) is -0.395. The van der Waals surface area contributed by atoms with Crippen LogP contribution >= 0.6 is 0 Å². The van der Waals surface area contributed by atoms with Gasteiger partial charge in [-0.05, 0) is 31.1 Å². The highest BCUT2D eigenvalue weighted by atomic mass is 16.5. The van der Waals surface area contributed by atoms with Crippen molar-refractivity contribution < 1.29 is 23.9 Å². The lowest BCUT2D eigenvalue weighted by molar-refractivity contribution is -0.128. The Kier molecular flexibility index (Phi) is 7.51. The van der Waals surface area contributed by atoms with Gasteiger partial charge in [0, 0.05) is 13.1 Å². The molecule has 8 heteroatoms. The number of carbonyl (C=O) groups is 3. The Morgan fingerprint density at radius 1 is 1.21 bits per heavy atom. The lowest BCUT2D eigenvalue weighted by atomic mass is 9.71. The molecule has 2 N–H and O–H groups in total. The first-order valence-corrected chi connectivity index (χ1v) is 11.0. The molecule has 0 aromatic heterocycles. The van der Waals surface area contributed by atoms with Crippen molar-refractivity contribution in [1.82, 2.24) is 15.5 Å². The maximum atomic E-state index is 13.2. The number of ketones is 1. The molecule has 3 rings (SSSR count). The number of urea groups is 1. The van der Waals surface area contributed by atoms with Crippen molar-refractivity contribution in [2.75, 3.05) is 32.9 Å². The highest BCUT2D eigenvalue weighted by Crippen LogP contribution is 2.39. The zero-order chi connectivity index (χ0) is 20.9. The molecule has 164 valence electrons. The SMILES string of the molecule is CC[C@@H]1OCC(=O)C1NC(=O)C(CC1(C)CCCCC1)NC(=O)N1CCOCC1. The largest absolute Gasteiger partial charge is 0.378 e. The number of nitrogens with zero attached hydrogens (tertiary/aromatic N) is 1. The maximum absolute atomic E-state index is 13.2. The fourth-order valence-corrected chi connectivity index (χ4v) is 4.68. The normalized spacial score (nSPS) is 28.1. The molecule has 8 nitrogen and oxygen atoms in total. The van der Waals surface area contributed by atoms with Crippen LogP contribution in [0.1, 0.15) is 58.8 Å². The van der Waals surface area contributed by atoms with Gasteiger partial charge in [0.25, 0.3) is 0 Å². The highest BCUT2D eigenvalue weighted by molar-refractivity contribution is 5.94. The van der Waals surface area contributed by atoms with E-state index in [0.29, 0.717) is 39.1 Å². The van der Waals surface area contributed by atoms with Gasteiger partial charge in [0.15, 0.2) is 5.78 Å². The minimum Gasteiger partial charge on any atom is -0.378 e. The Hall–Kier alpha value is -1.67. The lowest BCUT2D eigenvalue weighted by Gasteiger charge is -2.37. The number of rotatable bonds is 6. The molecule has 29 heavy (non-hydrogen) atoms. The molecule has 2 saturated heterocycles. The average Bonchev–Trinajstić information content (AvgIpc) is 3.08. The molecule has 3 fully saturated rings. The molecular formula is C21H35N3O5. The molecule has 0 aromatic rings. The molecule has 3 aliphatic rings. The molecule has 0 bridgehead atoms. The summed E-state index contributed by atoms with van der Waals surface area (Å²) < 4.78 is 10.8. The lowest BCUT2D eigenvalue weighted by Crippen LogP contribution is -2.57. The second kappa shape index (κ2) is 9.89. The quantitative estimate of drug-likeness (QED) is 0.695. The first kappa shape index (κ1) is 22.0. The molecule has 0 spiro atoms. The van der Waals surface area contributed by atoms with E-state index in [9.17, 15) is 14.4 Å². The van der Waals surface area contributed by atoms with E-state index in [-0.39, 0.29) is 35.8 Å². The predicted molar refractivity (Wildman–Crippen MR) is 107 cm³/mol. The third-order valence-corrected chi connectivity index (χ3v) is 6.53. The van der Waals surface area contributed by atoms with Gasteiger partial charge >= 0.3 is 6.03 Å². The molecule has 0 aromatic carbocycles. The third-order valence-electron chi connectivity index (χ3n) is 6.53. The van der Waals surface area contributed by atoms with Gasteiger partial charge in [-0.2, -0.15) is 0 Å². The van der Waals surface area contributed by atoms with Crippen LogP contribution in [0, 0.1) is 5.41 Å². The first-order valence-electron chi connectivity index (χ1n) is 11.0. The number of hydrogen-bond donors (Lipinski definition) is 2. The van der Waals surface area contributed by atoms with Crippen molar-refractivity contribution in [3.63, 3.8) is 0 Å². The number of nitrogens with one attached hydrogen (secondary N) is 2. The zero-order valence-corrected chi connectivity index (χ0v) is 17.7. The monoisotopic (exact) mass is 409 g/mol. The second-order valence-electron chi connectivity index (χ2n) is 8.89. The Morgan fingerprint density at radius 3 is 2.55 bits per heavy atom. The van der Waals surface area contributed by atoms with Crippen LogP contribution < -0.4 is 10.6 Å². The Labute approximate surface area is 173 Å². The Morgan fingerprint density at radius 2 is 1.90 bits per heavy atom. The smallest absolute Gasteiger partial charge is 0.318 e.